The van der Waals surface area contributed by atoms with Crippen LogP contribution in [0.5, 0.6) is 5.75 Å². The molecule has 1 aromatic heterocycles. The van der Waals surface area contributed by atoms with Crippen LogP contribution in [0.1, 0.15) is 21.6 Å². The van der Waals surface area contributed by atoms with E-state index in [2.05, 4.69) is 5.32 Å². The second-order valence-corrected chi connectivity index (χ2v) is 8.01. The van der Waals surface area contributed by atoms with Crippen molar-refractivity contribution in [3.05, 3.63) is 108 Å². The van der Waals surface area contributed by atoms with Crippen LogP contribution >= 0.6 is 0 Å². The molecule has 1 atom stereocenters. The fraction of sp³-hybridized carbons (Fsp3) is 0.115. The van der Waals surface area contributed by atoms with Gasteiger partial charge in [0.05, 0.1) is 6.42 Å². The number of anilines is 1. The van der Waals surface area contributed by atoms with Gasteiger partial charge in [0.1, 0.15) is 23.3 Å². The average Bonchev–Trinajstić information content (AvgIpc) is 3.13. The van der Waals surface area contributed by atoms with Crippen LogP contribution < -0.4 is 9.88 Å². The zero-order chi connectivity index (χ0) is 22.8. The zero-order valence-corrected chi connectivity index (χ0v) is 17.7. The summed E-state index contributed by atoms with van der Waals surface area (Å²) in [6.45, 7) is 0. The second kappa shape index (κ2) is 8.46. The monoisotopic (exact) mass is 440 g/mol. The lowest BCUT2D eigenvalue weighted by Crippen LogP contribution is -2.54. The highest BCUT2D eigenvalue weighted by atomic mass is 17.1. The Morgan fingerprint density at radius 3 is 2.18 bits per heavy atom. The first-order chi connectivity index (χ1) is 16.1. The lowest BCUT2D eigenvalue weighted by atomic mass is 10.0. The summed E-state index contributed by atoms with van der Waals surface area (Å²) in [5.41, 5.74) is 2.12. The standard InChI is InChI=1S/C26H21N3O4/c30-21-13-11-20(12-14-21)23-17-29-24(22(27-23)15-18-7-3-1-4-8-18)28-26(33-32,25(29)31)16-19-9-5-2-6-10-19/h1-14,17,30,32H,15-16H2/p+1/t26-/m0/s1. The number of phenolic OH excluding ortho intramolecular Hbond substituents is 1. The Bertz CT molecular complexity index is 1290. The molecule has 164 valence electrons. The summed E-state index contributed by atoms with van der Waals surface area (Å²) in [6, 6.07) is 25.8. The number of carbonyl (C=O) groups is 1. The van der Waals surface area contributed by atoms with E-state index in [1.54, 1.807) is 30.5 Å². The highest BCUT2D eigenvalue weighted by Gasteiger charge is 2.57. The van der Waals surface area contributed by atoms with Crippen LogP contribution in [0.15, 0.2) is 91.1 Å². The number of aromatic hydroxyl groups is 1. The van der Waals surface area contributed by atoms with Crippen molar-refractivity contribution in [2.45, 2.75) is 18.6 Å². The third-order valence-electron chi connectivity index (χ3n) is 5.73. The first-order valence-corrected chi connectivity index (χ1v) is 10.6. The van der Waals surface area contributed by atoms with Crippen molar-refractivity contribution >= 4 is 11.7 Å². The lowest BCUT2D eigenvalue weighted by Gasteiger charge is -2.17. The van der Waals surface area contributed by atoms with Gasteiger partial charge in [0.2, 0.25) is 0 Å². The quantitative estimate of drug-likeness (QED) is 0.240. The number of hydrogen-bond acceptors (Lipinski definition) is 6. The highest BCUT2D eigenvalue weighted by molar-refractivity contribution is 5.86. The van der Waals surface area contributed by atoms with Crippen molar-refractivity contribution in [1.82, 2.24) is 4.98 Å². The van der Waals surface area contributed by atoms with E-state index in [9.17, 15) is 15.2 Å². The number of aromatic nitrogens is 2. The van der Waals surface area contributed by atoms with E-state index in [0.717, 1.165) is 16.7 Å². The Morgan fingerprint density at radius 1 is 0.909 bits per heavy atom. The summed E-state index contributed by atoms with van der Waals surface area (Å²) in [4.78, 5) is 23.2. The van der Waals surface area contributed by atoms with E-state index < -0.39 is 11.6 Å². The van der Waals surface area contributed by atoms with E-state index in [-0.39, 0.29) is 12.2 Å². The van der Waals surface area contributed by atoms with Gasteiger partial charge in [-0.1, -0.05) is 60.7 Å². The van der Waals surface area contributed by atoms with Crippen LogP contribution in [0.4, 0.5) is 5.82 Å². The molecular formula is C26H22N3O4+. The molecule has 1 aliphatic rings. The third-order valence-corrected chi connectivity index (χ3v) is 5.73. The fourth-order valence-electron chi connectivity index (χ4n) is 4.07. The molecule has 5 rings (SSSR count). The van der Waals surface area contributed by atoms with Gasteiger partial charge in [-0.25, -0.2) is 20.4 Å². The normalized spacial score (nSPS) is 16.9. The molecule has 0 radical (unpaired) electrons. The SMILES string of the molecule is O=C1[n+]2cc(-c3ccc(O)cc3)nc(Cc3ccccc3)c2N[C@@]1(Cc1ccccc1)OO. The Morgan fingerprint density at radius 2 is 1.55 bits per heavy atom. The smallest absolute Gasteiger partial charge is 0.394 e. The summed E-state index contributed by atoms with van der Waals surface area (Å²) in [5.74, 6) is 0.169. The van der Waals surface area contributed by atoms with Gasteiger partial charge in [0.25, 0.3) is 0 Å². The Balaban J connectivity index is 1.61. The number of carbonyl (C=O) groups excluding carboxylic acids is 1. The molecule has 4 aromatic rings. The molecule has 7 nitrogen and oxygen atoms in total. The molecular weight excluding hydrogens is 418 g/mol. The van der Waals surface area contributed by atoms with Gasteiger partial charge < -0.3 is 5.11 Å². The minimum absolute atomic E-state index is 0.129. The summed E-state index contributed by atoms with van der Waals surface area (Å²) < 4.78 is 1.45. The highest BCUT2D eigenvalue weighted by Crippen LogP contribution is 2.30. The maximum absolute atomic E-state index is 13.5. The Hall–Kier alpha value is -4.07. The fourth-order valence-corrected chi connectivity index (χ4v) is 4.07. The van der Waals surface area contributed by atoms with Gasteiger partial charge in [-0.15, -0.1) is 0 Å². The molecule has 0 saturated carbocycles. The van der Waals surface area contributed by atoms with E-state index in [4.69, 9.17) is 9.87 Å². The van der Waals surface area contributed by atoms with E-state index in [1.165, 1.54) is 4.57 Å². The number of phenols is 1. The topological polar surface area (TPSA) is 95.6 Å². The summed E-state index contributed by atoms with van der Waals surface area (Å²) >= 11 is 0. The molecule has 0 bridgehead atoms. The molecule has 2 heterocycles. The maximum Gasteiger partial charge on any atom is 0.394 e. The van der Waals surface area contributed by atoms with Gasteiger partial charge in [-0.2, -0.15) is 9.45 Å². The first-order valence-electron chi connectivity index (χ1n) is 10.6. The summed E-state index contributed by atoms with van der Waals surface area (Å²) in [5, 5.41) is 22.6. The molecule has 7 heteroatoms. The van der Waals surface area contributed by atoms with Crippen molar-refractivity contribution in [3.63, 3.8) is 0 Å². The number of nitrogens with zero attached hydrogens (tertiary/aromatic N) is 2. The number of rotatable bonds is 6. The van der Waals surface area contributed by atoms with Gasteiger partial charge in [-0.05, 0) is 35.4 Å². The largest absolute Gasteiger partial charge is 0.508 e. The van der Waals surface area contributed by atoms with Gasteiger partial charge in [0.15, 0.2) is 0 Å². The van der Waals surface area contributed by atoms with Crippen LogP contribution in [0.3, 0.4) is 0 Å². The van der Waals surface area contributed by atoms with Crippen molar-refractivity contribution in [1.29, 1.82) is 0 Å². The third kappa shape index (κ3) is 3.95. The van der Waals surface area contributed by atoms with Gasteiger partial charge in [-0.3, -0.25) is 0 Å². The maximum atomic E-state index is 13.5. The first kappa shape index (κ1) is 20.8. The molecule has 0 unspecified atom stereocenters. The van der Waals surface area contributed by atoms with Crippen LogP contribution in [0, 0.1) is 0 Å². The van der Waals surface area contributed by atoms with Crippen molar-refractivity contribution in [3.8, 4) is 17.0 Å². The minimum atomic E-state index is -1.67. The van der Waals surface area contributed by atoms with Crippen LogP contribution in [0.25, 0.3) is 11.3 Å². The molecule has 3 N–H and O–H groups in total. The average molecular weight is 440 g/mol. The number of benzene rings is 3. The van der Waals surface area contributed by atoms with Crippen molar-refractivity contribution in [2.75, 3.05) is 5.32 Å². The molecule has 0 aliphatic carbocycles. The minimum Gasteiger partial charge on any atom is -0.508 e. The second-order valence-electron chi connectivity index (χ2n) is 8.01. The van der Waals surface area contributed by atoms with Crippen molar-refractivity contribution in [2.24, 2.45) is 0 Å². The predicted octanol–water partition coefficient (Wildman–Crippen LogP) is 3.83. The summed E-state index contributed by atoms with van der Waals surface area (Å²) in [7, 11) is 0. The van der Waals surface area contributed by atoms with E-state index in [0.29, 0.717) is 23.6 Å². The molecule has 3 aromatic carbocycles. The molecule has 1 aliphatic heterocycles. The molecule has 0 amide bonds. The van der Waals surface area contributed by atoms with Gasteiger partial charge in [0, 0.05) is 12.0 Å². The number of nitrogens with one attached hydrogen (secondary N) is 1. The van der Waals surface area contributed by atoms with Crippen LogP contribution in [0.2, 0.25) is 0 Å². The summed E-state index contributed by atoms with van der Waals surface area (Å²) in [6.07, 6.45) is 2.22. The van der Waals surface area contributed by atoms with E-state index >= 15 is 0 Å². The molecule has 33 heavy (non-hydrogen) atoms. The zero-order valence-electron chi connectivity index (χ0n) is 17.7. The molecule has 0 saturated heterocycles. The Kier molecular flexibility index (Phi) is 5.34. The number of hydrogen-bond donors (Lipinski definition) is 3. The van der Waals surface area contributed by atoms with Crippen LogP contribution in [-0.2, 0) is 17.7 Å². The van der Waals surface area contributed by atoms with Gasteiger partial charge >= 0.3 is 17.5 Å². The molecule has 0 spiro atoms. The van der Waals surface area contributed by atoms with Crippen LogP contribution in [-0.4, -0.2) is 27.0 Å². The predicted molar refractivity (Wildman–Crippen MR) is 122 cm³/mol. The molecule has 0 fully saturated rings. The van der Waals surface area contributed by atoms with E-state index in [1.807, 2.05) is 60.7 Å². The Labute approximate surface area is 190 Å². The number of fused-ring (bicyclic) bond motifs is 1. The van der Waals surface area contributed by atoms with Crippen molar-refractivity contribution < 1.29 is 24.6 Å². The lowest BCUT2D eigenvalue weighted by molar-refractivity contribution is -0.558.